The van der Waals surface area contributed by atoms with Crippen LogP contribution in [0.4, 0.5) is 0 Å². The minimum Gasteiger partial charge on any atom is -0.380 e. The number of methoxy groups -OCH3 is 1. The van der Waals surface area contributed by atoms with Crippen LogP contribution in [0.3, 0.4) is 0 Å². The molecule has 0 saturated carbocycles. The van der Waals surface area contributed by atoms with Crippen molar-refractivity contribution in [3.8, 4) is 0 Å². The van der Waals surface area contributed by atoms with E-state index in [1.807, 2.05) is 13.0 Å². The monoisotopic (exact) mass is 115 g/mol. The molecule has 0 aromatic carbocycles. The van der Waals surface area contributed by atoms with Gasteiger partial charge in [0.1, 0.15) is 0 Å². The predicted molar refractivity (Wildman–Crippen MR) is 34.7 cm³/mol. The van der Waals surface area contributed by atoms with Crippen molar-refractivity contribution in [2.45, 2.75) is 6.92 Å². The standard InChI is InChI=1S/C6H13NO/c1-3-6(4-7)5-8-2/h3H,4-5,7H2,1-2H3. The molecule has 0 aliphatic rings. The summed E-state index contributed by atoms with van der Waals surface area (Å²) in [6.45, 7) is 3.22. The van der Waals surface area contributed by atoms with Gasteiger partial charge in [0.05, 0.1) is 6.61 Å². The molecule has 0 unspecified atom stereocenters. The van der Waals surface area contributed by atoms with Crippen LogP contribution >= 0.6 is 0 Å². The van der Waals surface area contributed by atoms with Crippen LogP contribution in [0.5, 0.6) is 0 Å². The third-order valence-electron chi connectivity index (χ3n) is 1.00. The minimum absolute atomic E-state index is 0.602. The van der Waals surface area contributed by atoms with E-state index < -0.39 is 0 Å². The molecule has 0 spiro atoms. The maximum Gasteiger partial charge on any atom is 0.0685 e. The van der Waals surface area contributed by atoms with E-state index in [1.165, 1.54) is 0 Å². The number of ether oxygens (including phenoxy) is 1. The largest absolute Gasteiger partial charge is 0.380 e. The first-order valence-electron chi connectivity index (χ1n) is 2.68. The maximum absolute atomic E-state index is 5.32. The zero-order valence-electron chi connectivity index (χ0n) is 5.48. The zero-order chi connectivity index (χ0) is 6.41. The van der Waals surface area contributed by atoms with Crippen molar-refractivity contribution in [3.05, 3.63) is 11.6 Å². The second-order valence-corrected chi connectivity index (χ2v) is 1.58. The SMILES string of the molecule is CC=C(CN)COC. The number of allylic oxidation sites excluding steroid dienone is 1. The van der Waals surface area contributed by atoms with Crippen molar-refractivity contribution in [2.75, 3.05) is 20.3 Å². The van der Waals surface area contributed by atoms with E-state index in [2.05, 4.69) is 0 Å². The summed E-state index contributed by atoms with van der Waals surface area (Å²) in [5.74, 6) is 0. The van der Waals surface area contributed by atoms with Gasteiger partial charge in [0, 0.05) is 13.7 Å². The zero-order valence-corrected chi connectivity index (χ0v) is 5.48. The second kappa shape index (κ2) is 4.81. The van der Waals surface area contributed by atoms with Crippen molar-refractivity contribution in [1.29, 1.82) is 0 Å². The Balaban J connectivity index is 3.38. The molecule has 0 aromatic heterocycles. The minimum atomic E-state index is 0.602. The van der Waals surface area contributed by atoms with Crippen LogP contribution in [0.15, 0.2) is 11.6 Å². The lowest BCUT2D eigenvalue weighted by atomic mass is 10.3. The quantitative estimate of drug-likeness (QED) is 0.545. The molecule has 8 heavy (non-hydrogen) atoms. The highest BCUT2D eigenvalue weighted by atomic mass is 16.5. The Bertz CT molecular complexity index is 78.6. The first-order valence-corrected chi connectivity index (χ1v) is 2.68. The lowest BCUT2D eigenvalue weighted by molar-refractivity contribution is 0.224. The molecule has 0 amide bonds. The fourth-order valence-corrected chi connectivity index (χ4v) is 0.446. The summed E-state index contributed by atoms with van der Waals surface area (Å²) in [7, 11) is 1.67. The van der Waals surface area contributed by atoms with Crippen LogP contribution in [-0.4, -0.2) is 20.3 Å². The van der Waals surface area contributed by atoms with Crippen LogP contribution < -0.4 is 5.73 Å². The molecule has 0 saturated heterocycles. The molecule has 48 valence electrons. The van der Waals surface area contributed by atoms with Gasteiger partial charge in [-0.25, -0.2) is 0 Å². The van der Waals surface area contributed by atoms with Gasteiger partial charge in [-0.15, -0.1) is 0 Å². The Kier molecular flexibility index (Phi) is 4.61. The van der Waals surface area contributed by atoms with Gasteiger partial charge in [0.15, 0.2) is 0 Å². The Morgan fingerprint density at radius 3 is 2.50 bits per heavy atom. The first kappa shape index (κ1) is 7.66. The number of hydrogen-bond donors (Lipinski definition) is 1. The van der Waals surface area contributed by atoms with Crippen molar-refractivity contribution >= 4 is 0 Å². The average Bonchev–Trinajstić information content (AvgIpc) is 1.83. The Morgan fingerprint density at radius 2 is 2.38 bits per heavy atom. The second-order valence-electron chi connectivity index (χ2n) is 1.58. The molecular weight excluding hydrogens is 102 g/mol. The van der Waals surface area contributed by atoms with Crippen molar-refractivity contribution in [3.63, 3.8) is 0 Å². The van der Waals surface area contributed by atoms with Crippen LogP contribution in [-0.2, 0) is 4.74 Å². The molecule has 0 fully saturated rings. The Hall–Kier alpha value is -0.340. The van der Waals surface area contributed by atoms with Gasteiger partial charge in [-0.2, -0.15) is 0 Å². The van der Waals surface area contributed by atoms with Crippen LogP contribution in [0.1, 0.15) is 6.92 Å². The van der Waals surface area contributed by atoms with Gasteiger partial charge in [0.25, 0.3) is 0 Å². The molecule has 0 atom stereocenters. The average molecular weight is 115 g/mol. The normalized spacial score (nSPS) is 12.1. The molecule has 0 aromatic rings. The molecule has 2 nitrogen and oxygen atoms in total. The molecule has 0 aliphatic carbocycles. The molecule has 2 N–H and O–H groups in total. The van der Waals surface area contributed by atoms with E-state index in [-0.39, 0.29) is 0 Å². The highest BCUT2D eigenvalue weighted by Gasteiger charge is 1.87. The van der Waals surface area contributed by atoms with Gasteiger partial charge >= 0.3 is 0 Å². The van der Waals surface area contributed by atoms with Crippen molar-refractivity contribution in [1.82, 2.24) is 0 Å². The fraction of sp³-hybridized carbons (Fsp3) is 0.667. The third-order valence-corrected chi connectivity index (χ3v) is 1.00. The summed E-state index contributed by atoms with van der Waals surface area (Å²) < 4.78 is 4.84. The number of nitrogens with two attached hydrogens (primary N) is 1. The predicted octanol–water partition coefficient (Wildman–Crippen LogP) is 0.538. The van der Waals surface area contributed by atoms with E-state index in [9.17, 15) is 0 Å². The molecule has 0 rings (SSSR count). The van der Waals surface area contributed by atoms with E-state index in [1.54, 1.807) is 7.11 Å². The van der Waals surface area contributed by atoms with Crippen LogP contribution in [0.2, 0.25) is 0 Å². The third kappa shape index (κ3) is 2.77. The summed E-state index contributed by atoms with van der Waals surface area (Å²) in [6.07, 6.45) is 1.98. The highest BCUT2D eigenvalue weighted by molar-refractivity contribution is 5.01. The van der Waals surface area contributed by atoms with E-state index in [0.29, 0.717) is 13.2 Å². The molecule has 2 heteroatoms. The van der Waals surface area contributed by atoms with Crippen molar-refractivity contribution in [2.24, 2.45) is 5.73 Å². The summed E-state index contributed by atoms with van der Waals surface area (Å²) in [5.41, 5.74) is 6.47. The number of hydrogen-bond acceptors (Lipinski definition) is 2. The van der Waals surface area contributed by atoms with E-state index in [0.717, 1.165) is 5.57 Å². The molecular formula is C6H13NO. The van der Waals surface area contributed by atoms with Gasteiger partial charge in [-0.1, -0.05) is 6.08 Å². The summed E-state index contributed by atoms with van der Waals surface area (Å²) in [4.78, 5) is 0. The molecule has 0 heterocycles. The van der Waals surface area contributed by atoms with E-state index in [4.69, 9.17) is 10.5 Å². The van der Waals surface area contributed by atoms with Crippen LogP contribution in [0.25, 0.3) is 0 Å². The Labute approximate surface area is 50.3 Å². The number of rotatable bonds is 3. The van der Waals surface area contributed by atoms with Gasteiger partial charge in [-0.05, 0) is 12.5 Å². The molecule has 0 radical (unpaired) electrons. The first-order chi connectivity index (χ1) is 3.85. The molecule has 0 aliphatic heterocycles. The van der Waals surface area contributed by atoms with Crippen LogP contribution in [0, 0.1) is 0 Å². The smallest absolute Gasteiger partial charge is 0.0685 e. The topological polar surface area (TPSA) is 35.2 Å². The fourth-order valence-electron chi connectivity index (χ4n) is 0.446. The van der Waals surface area contributed by atoms with Gasteiger partial charge in [0.2, 0.25) is 0 Å². The summed E-state index contributed by atoms with van der Waals surface area (Å²) in [6, 6.07) is 0. The summed E-state index contributed by atoms with van der Waals surface area (Å²) in [5, 5.41) is 0. The highest BCUT2D eigenvalue weighted by Crippen LogP contribution is 1.88. The van der Waals surface area contributed by atoms with Gasteiger partial charge < -0.3 is 10.5 Å². The maximum atomic E-state index is 5.32. The lowest BCUT2D eigenvalue weighted by Crippen LogP contribution is -2.07. The van der Waals surface area contributed by atoms with Gasteiger partial charge in [-0.3, -0.25) is 0 Å². The van der Waals surface area contributed by atoms with Crippen molar-refractivity contribution < 1.29 is 4.74 Å². The van der Waals surface area contributed by atoms with E-state index >= 15 is 0 Å². The molecule has 0 bridgehead atoms. The lowest BCUT2D eigenvalue weighted by Gasteiger charge is -1.98. The Morgan fingerprint density at radius 1 is 1.75 bits per heavy atom. The summed E-state index contributed by atoms with van der Waals surface area (Å²) >= 11 is 0.